The highest BCUT2D eigenvalue weighted by Crippen LogP contribution is 2.31. The summed E-state index contributed by atoms with van der Waals surface area (Å²) in [5, 5.41) is 11.1. The third-order valence-electron chi connectivity index (χ3n) is 2.82. The summed E-state index contributed by atoms with van der Waals surface area (Å²) in [5.41, 5.74) is 11.9. The number of carbonyl (C=O) groups excluding carboxylic acids is 1. The van der Waals surface area contributed by atoms with E-state index in [9.17, 15) is 14.9 Å². The highest BCUT2D eigenvalue weighted by atomic mass is 32.1. The molecule has 2 N–H and O–H groups in total. The summed E-state index contributed by atoms with van der Waals surface area (Å²) >= 11 is 4.13. The number of ketones is 1. The standard InChI is InChI=1S/C14H11NO3S.H2N3/c1-9-7-8-11(12(14(9)19)15(17)18)13(16)10-5-3-2-4-6-10;1-3-2/h2-8,19H,1H3;1-2H/q;+1. The van der Waals surface area contributed by atoms with Crippen LogP contribution < -0.4 is 4.91 Å². The van der Waals surface area contributed by atoms with Crippen molar-refractivity contribution < 1.29 is 9.72 Å². The predicted octanol–water partition coefficient (Wildman–Crippen LogP) is 3.54. The monoisotopic (exact) mass is 317 g/mol. The zero-order chi connectivity index (χ0) is 16.7. The molecule has 0 aromatic heterocycles. The second-order valence-electron chi connectivity index (χ2n) is 4.19. The van der Waals surface area contributed by atoms with Crippen LogP contribution in [0.1, 0.15) is 21.5 Å². The van der Waals surface area contributed by atoms with Gasteiger partial charge in [-0.25, -0.2) is 0 Å². The van der Waals surface area contributed by atoms with Crippen molar-refractivity contribution in [2.24, 2.45) is 0 Å². The van der Waals surface area contributed by atoms with Gasteiger partial charge >= 0.3 is 0 Å². The van der Waals surface area contributed by atoms with E-state index in [0.29, 0.717) is 11.1 Å². The number of carbonyl (C=O) groups is 1. The van der Waals surface area contributed by atoms with Crippen molar-refractivity contribution >= 4 is 24.1 Å². The van der Waals surface area contributed by atoms with E-state index < -0.39 is 4.92 Å². The van der Waals surface area contributed by atoms with Crippen LogP contribution in [0.15, 0.2) is 47.4 Å². The Labute approximate surface area is 131 Å². The van der Waals surface area contributed by atoms with Crippen LogP contribution in [0.25, 0.3) is 0 Å². The minimum Gasteiger partial charge on any atom is -0.288 e. The number of thiol groups is 1. The van der Waals surface area contributed by atoms with Crippen LogP contribution in [0.2, 0.25) is 0 Å². The maximum atomic E-state index is 12.3. The molecule has 0 aliphatic rings. The molecule has 0 bridgehead atoms. The number of hydrogen-bond acceptors (Lipinski definition) is 6. The van der Waals surface area contributed by atoms with Gasteiger partial charge in [0, 0.05) is 5.56 Å². The molecule has 22 heavy (non-hydrogen) atoms. The van der Waals surface area contributed by atoms with Gasteiger partial charge in [0.25, 0.3) is 5.69 Å². The van der Waals surface area contributed by atoms with E-state index >= 15 is 0 Å². The van der Waals surface area contributed by atoms with Gasteiger partial charge in [-0.2, -0.15) is 0 Å². The van der Waals surface area contributed by atoms with Crippen molar-refractivity contribution in [2.75, 3.05) is 0 Å². The van der Waals surface area contributed by atoms with E-state index in [1.54, 1.807) is 43.3 Å². The zero-order valence-corrected chi connectivity index (χ0v) is 12.5. The Morgan fingerprint density at radius 2 is 1.73 bits per heavy atom. The van der Waals surface area contributed by atoms with Gasteiger partial charge in [-0.3, -0.25) is 14.9 Å². The normalized spacial score (nSPS) is 9.18. The fourth-order valence-electron chi connectivity index (χ4n) is 1.79. The van der Waals surface area contributed by atoms with Gasteiger partial charge in [-0.1, -0.05) is 36.4 Å². The van der Waals surface area contributed by atoms with Crippen LogP contribution in [0.4, 0.5) is 5.69 Å². The molecule has 0 amide bonds. The number of nitro groups is 1. The van der Waals surface area contributed by atoms with Crippen molar-refractivity contribution in [2.45, 2.75) is 11.8 Å². The van der Waals surface area contributed by atoms with Crippen molar-refractivity contribution in [3.8, 4) is 0 Å². The van der Waals surface area contributed by atoms with Crippen LogP contribution >= 0.6 is 12.6 Å². The molecule has 112 valence electrons. The Balaban J connectivity index is 0.000000745. The second kappa shape index (κ2) is 7.82. The zero-order valence-electron chi connectivity index (χ0n) is 11.6. The van der Waals surface area contributed by atoms with Crippen molar-refractivity contribution in [3.05, 3.63) is 69.3 Å². The van der Waals surface area contributed by atoms with Gasteiger partial charge in [-0.15, -0.1) is 12.6 Å². The first-order chi connectivity index (χ1) is 10.4. The lowest BCUT2D eigenvalue weighted by Gasteiger charge is -2.06. The number of aryl methyl sites for hydroxylation is 1. The van der Waals surface area contributed by atoms with Crippen molar-refractivity contribution in [1.29, 1.82) is 11.1 Å². The molecule has 0 unspecified atom stereocenters. The smallest absolute Gasteiger partial charge is 0.288 e. The second-order valence-corrected chi connectivity index (χ2v) is 4.64. The maximum absolute atomic E-state index is 12.3. The van der Waals surface area contributed by atoms with E-state index in [1.165, 1.54) is 6.07 Å². The lowest BCUT2D eigenvalue weighted by Crippen LogP contribution is -2.06. The molecular formula is C14H13N4O3S+. The van der Waals surface area contributed by atoms with Gasteiger partial charge in [0.05, 0.1) is 9.82 Å². The molecule has 0 atom stereocenters. The Hall–Kier alpha value is -2.83. The van der Waals surface area contributed by atoms with Crippen LogP contribution in [0.5, 0.6) is 0 Å². The van der Waals surface area contributed by atoms with Gasteiger partial charge < -0.3 is 0 Å². The summed E-state index contributed by atoms with van der Waals surface area (Å²) in [6.07, 6.45) is 0. The van der Waals surface area contributed by atoms with Gasteiger partial charge in [0.2, 0.25) is 4.91 Å². The highest BCUT2D eigenvalue weighted by molar-refractivity contribution is 7.80. The molecule has 0 heterocycles. The summed E-state index contributed by atoms with van der Waals surface area (Å²) in [6, 6.07) is 11.6. The molecule has 2 aromatic carbocycles. The summed E-state index contributed by atoms with van der Waals surface area (Å²) in [4.78, 5) is 25.1. The molecule has 0 aliphatic carbocycles. The first kappa shape index (κ1) is 17.2. The molecule has 2 rings (SSSR count). The van der Waals surface area contributed by atoms with Crippen molar-refractivity contribution in [1.82, 2.24) is 4.91 Å². The van der Waals surface area contributed by atoms with E-state index in [4.69, 9.17) is 11.1 Å². The van der Waals surface area contributed by atoms with E-state index in [1.807, 2.05) is 4.91 Å². The van der Waals surface area contributed by atoms with Crippen LogP contribution in [0, 0.1) is 28.1 Å². The lowest BCUT2D eigenvalue weighted by atomic mass is 10.0. The molecule has 2 aromatic rings. The summed E-state index contributed by atoms with van der Waals surface area (Å²) in [5.74, 6) is -0.373. The van der Waals surface area contributed by atoms with E-state index in [0.717, 1.165) is 0 Å². The summed E-state index contributed by atoms with van der Waals surface area (Å²) < 4.78 is 0. The minimum atomic E-state index is -0.564. The van der Waals surface area contributed by atoms with Crippen LogP contribution in [-0.2, 0) is 0 Å². The largest absolute Gasteiger partial charge is 0.294 e. The topological polar surface area (TPSA) is 122 Å². The van der Waals surface area contributed by atoms with E-state index in [-0.39, 0.29) is 21.9 Å². The average Bonchev–Trinajstić information content (AvgIpc) is 2.50. The highest BCUT2D eigenvalue weighted by Gasteiger charge is 2.25. The molecule has 0 spiro atoms. The summed E-state index contributed by atoms with van der Waals surface area (Å²) in [6.45, 7) is 1.71. The number of nitrogens with zero attached hydrogens (tertiary/aromatic N) is 2. The fraction of sp³-hybridized carbons (Fsp3) is 0.0714. The van der Waals surface area contributed by atoms with Gasteiger partial charge in [-0.05, 0) is 18.6 Å². The first-order valence-corrected chi connectivity index (χ1v) is 6.48. The number of nitrogens with one attached hydrogen (secondary N) is 2. The molecule has 0 aliphatic heterocycles. The molecule has 0 saturated heterocycles. The van der Waals surface area contributed by atoms with E-state index in [2.05, 4.69) is 12.6 Å². The lowest BCUT2D eigenvalue weighted by molar-refractivity contribution is -0.388. The molecule has 0 saturated carbocycles. The number of benzene rings is 2. The minimum absolute atomic E-state index is 0.0619. The number of rotatable bonds is 3. The number of nitro benzene ring substituents is 1. The van der Waals surface area contributed by atoms with Gasteiger partial charge in [0.1, 0.15) is 16.6 Å². The fourth-order valence-corrected chi connectivity index (χ4v) is 2.07. The molecular weight excluding hydrogens is 304 g/mol. The van der Waals surface area contributed by atoms with Crippen LogP contribution in [0.3, 0.4) is 0 Å². The Bertz CT molecular complexity index is 741. The maximum Gasteiger partial charge on any atom is 0.294 e. The molecule has 8 heteroatoms. The molecule has 7 nitrogen and oxygen atoms in total. The summed E-state index contributed by atoms with van der Waals surface area (Å²) in [7, 11) is 0. The molecule has 0 fully saturated rings. The predicted molar refractivity (Wildman–Crippen MR) is 82.5 cm³/mol. The SMILES string of the molecule is Cc1ccc(C(=O)c2ccccc2)c([N+](=O)[O-])c1S.N=[N+]=N. The Kier molecular flexibility index (Phi) is 6.12. The van der Waals surface area contributed by atoms with Gasteiger partial charge in [0.15, 0.2) is 5.78 Å². The van der Waals surface area contributed by atoms with Crippen molar-refractivity contribution in [3.63, 3.8) is 0 Å². The number of hydrogen-bond donors (Lipinski definition) is 3. The van der Waals surface area contributed by atoms with Crippen LogP contribution in [-0.4, -0.2) is 10.7 Å². The third-order valence-corrected chi connectivity index (χ3v) is 3.38. The Morgan fingerprint density at radius 3 is 2.23 bits per heavy atom. The quantitative estimate of drug-likeness (QED) is 0.200. The molecule has 0 radical (unpaired) electrons. The third kappa shape index (κ3) is 3.85. The Morgan fingerprint density at radius 1 is 1.18 bits per heavy atom. The average molecular weight is 317 g/mol. The first-order valence-electron chi connectivity index (χ1n) is 6.04.